The van der Waals surface area contributed by atoms with Gasteiger partial charge in [0.15, 0.2) is 0 Å². The van der Waals surface area contributed by atoms with Crippen LogP contribution in [-0.2, 0) is 9.59 Å². The molecule has 6 nitrogen and oxygen atoms in total. The highest BCUT2D eigenvalue weighted by Gasteiger charge is 2.47. The van der Waals surface area contributed by atoms with Crippen LogP contribution in [0.4, 0.5) is 5.69 Å². The molecule has 4 rings (SSSR count). The first-order valence-electron chi connectivity index (χ1n) is 10.8. The van der Waals surface area contributed by atoms with Crippen molar-refractivity contribution in [1.82, 2.24) is 0 Å². The highest BCUT2D eigenvalue weighted by molar-refractivity contribution is 9.10. The summed E-state index contributed by atoms with van der Waals surface area (Å²) in [5, 5.41) is 11.2. The predicted molar refractivity (Wildman–Crippen MR) is 134 cm³/mol. The number of aliphatic hydroxyl groups is 1. The average molecular weight is 522 g/mol. The normalized spacial score (nSPS) is 17.3. The Bertz CT molecular complexity index is 1250. The second-order valence-electron chi connectivity index (χ2n) is 8.08. The summed E-state index contributed by atoms with van der Waals surface area (Å²) in [4.78, 5) is 28.0. The number of hydrogen-bond acceptors (Lipinski definition) is 5. The largest absolute Gasteiger partial charge is 0.507 e. The topological polar surface area (TPSA) is 76.1 Å². The molecule has 0 radical (unpaired) electrons. The van der Waals surface area contributed by atoms with Gasteiger partial charge in [0.2, 0.25) is 0 Å². The number of carbonyl (C=O) groups is 2. The smallest absolute Gasteiger partial charge is 0.300 e. The highest BCUT2D eigenvalue weighted by atomic mass is 79.9. The maximum absolute atomic E-state index is 13.3. The molecule has 3 aromatic rings. The number of amides is 1. The molecule has 1 aliphatic heterocycles. The van der Waals surface area contributed by atoms with Crippen molar-refractivity contribution in [3.05, 3.63) is 94.0 Å². The summed E-state index contributed by atoms with van der Waals surface area (Å²) in [6.45, 7) is 3.85. The fourth-order valence-corrected chi connectivity index (χ4v) is 4.27. The van der Waals surface area contributed by atoms with E-state index >= 15 is 0 Å². The van der Waals surface area contributed by atoms with Crippen molar-refractivity contribution in [1.29, 1.82) is 0 Å². The lowest BCUT2D eigenvalue weighted by Gasteiger charge is -2.27. The average Bonchev–Trinajstić information content (AvgIpc) is 3.09. The summed E-state index contributed by atoms with van der Waals surface area (Å²) >= 11 is 3.37. The van der Waals surface area contributed by atoms with Gasteiger partial charge >= 0.3 is 0 Å². The predicted octanol–water partition coefficient (Wildman–Crippen LogP) is 5.87. The van der Waals surface area contributed by atoms with Crippen molar-refractivity contribution >= 4 is 39.1 Å². The van der Waals surface area contributed by atoms with E-state index in [1.54, 1.807) is 72.8 Å². The molecule has 1 unspecified atom stereocenters. The minimum atomic E-state index is -0.878. The zero-order chi connectivity index (χ0) is 24.4. The maximum Gasteiger partial charge on any atom is 0.300 e. The fourth-order valence-electron chi connectivity index (χ4n) is 4.01. The monoisotopic (exact) mass is 521 g/mol. The third-order valence-electron chi connectivity index (χ3n) is 5.48. The molecule has 7 heteroatoms. The number of carbonyl (C=O) groups excluding carboxylic acids is 2. The number of aliphatic hydroxyl groups excluding tert-OH is 1. The lowest BCUT2D eigenvalue weighted by atomic mass is 9.94. The Hall–Kier alpha value is -3.58. The van der Waals surface area contributed by atoms with Gasteiger partial charge in [0.1, 0.15) is 17.3 Å². The van der Waals surface area contributed by atoms with Crippen molar-refractivity contribution in [2.45, 2.75) is 26.0 Å². The Morgan fingerprint density at radius 3 is 2.24 bits per heavy atom. The Balaban J connectivity index is 1.90. The van der Waals surface area contributed by atoms with Crippen LogP contribution in [0.5, 0.6) is 11.5 Å². The number of halogens is 1. The van der Waals surface area contributed by atoms with Gasteiger partial charge < -0.3 is 14.6 Å². The third-order valence-corrected chi connectivity index (χ3v) is 6.01. The summed E-state index contributed by atoms with van der Waals surface area (Å²) in [7, 11) is 1.53. The molecule has 34 heavy (non-hydrogen) atoms. The number of benzene rings is 3. The van der Waals surface area contributed by atoms with Crippen molar-refractivity contribution in [3.63, 3.8) is 0 Å². The van der Waals surface area contributed by atoms with Crippen LogP contribution in [0.2, 0.25) is 0 Å². The summed E-state index contributed by atoms with van der Waals surface area (Å²) in [6.07, 6.45) is -0.000401. The van der Waals surface area contributed by atoms with Crippen LogP contribution >= 0.6 is 15.9 Å². The molecule has 0 aromatic heterocycles. The van der Waals surface area contributed by atoms with Crippen LogP contribution in [0.3, 0.4) is 0 Å². The SMILES string of the molecule is COc1ccccc1C1/C(=C(/O)c2ccc(Br)cc2)C(=O)C(=O)N1c1ccc(OC(C)C)cc1. The summed E-state index contributed by atoms with van der Waals surface area (Å²) in [6, 6.07) is 20.1. The number of ketones is 1. The van der Waals surface area contributed by atoms with Crippen molar-refractivity contribution in [3.8, 4) is 11.5 Å². The maximum atomic E-state index is 13.3. The molecule has 1 fully saturated rings. The zero-order valence-electron chi connectivity index (χ0n) is 19.0. The van der Waals surface area contributed by atoms with Crippen LogP contribution < -0.4 is 14.4 Å². The van der Waals surface area contributed by atoms with Crippen molar-refractivity contribution < 1.29 is 24.2 Å². The van der Waals surface area contributed by atoms with E-state index in [-0.39, 0.29) is 17.4 Å². The van der Waals surface area contributed by atoms with Crippen LogP contribution in [0.15, 0.2) is 82.8 Å². The van der Waals surface area contributed by atoms with Gasteiger partial charge in [-0.05, 0) is 56.3 Å². The van der Waals surface area contributed by atoms with E-state index < -0.39 is 17.7 Å². The van der Waals surface area contributed by atoms with Gasteiger partial charge in [-0.15, -0.1) is 0 Å². The van der Waals surface area contributed by atoms with E-state index in [4.69, 9.17) is 9.47 Å². The number of Topliss-reactive ketones (excluding diaryl/α,β-unsaturated/α-hetero) is 1. The Morgan fingerprint density at radius 2 is 1.62 bits per heavy atom. The first-order valence-corrected chi connectivity index (χ1v) is 11.6. The molecule has 0 spiro atoms. The van der Waals surface area contributed by atoms with Crippen LogP contribution in [-0.4, -0.2) is 30.0 Å². The van der Waals surface area contributed by atoms with Gasteiger partial charge in [0, 0.05) is 21.3 Å². The second kappa shape index (κ2) is 9.73. The van der Waals surface area contributed by atoms with Crippen LogP contribution in [0.25, 0.3) is 5.76 Å². The van der Waals surface area contributed by atoms with Gasteiger partial charge in [-0.3, -0.25) is 14.5 Å². The molecule has 1 heterocycles. The van der Waals surface area contributed by atoms with Gasteiger partial charge in [0.05, 0.1) is 24.8 Å². The van der Waals surface area contributed by atoms with E-state index in [1.165, 1.54) is 12.0 Å². The number of hydrogen-bond donors (Lipinski definition) is 1. The Labute approximate surface area is 206 Å². The van der Waals surface area contributed by atoms with E-state index in [9.17, 15) is 14.7 Å². The summed E-state index contributed by atoms with van der Waals surface area (Å²) < 4.78 is 12.1. The van der Waals surface area contributed by atoms with Crippen molar-refractivity contribution in [2.24, 2.45) is 0 Å². The first-order chi connectivity index (χ1) is 16.3. The van der Waals surface area contributed by atoms with Crippen LogP contribution in [0, 0.1) is 0 Å². The lowest BCUT2D eigenvalue weighted by Crippen LogP contribution is -2.29. The zero-order valence-corrected chi connectivity index (χ0v) is 20.6. The number of anilines is 1. The highest BCUT2D eigenvalue weighted by Crippen LogP contribution is 2.45. The minimum Gasteiger partial charge on any atom is -0.507 e. The standard InChI is InChI=1S/C27H24BrNO5/c1-16(2)34-20-14-12-19(13-15-20)29-24(21-6-4-5-7-22(21)33-3)23(26(31)27(29)32)25(30)17-8-10-18(28)11-9-17/h4-16,24,30H,1-3H3/b25-23-. The van der Waals surface area contributed by atoms with E-state index in [0.29, 0.717) is 28.3 Å². The molecule has 1 N–H and O–H groups in total. The summed E-state index contributed by atoms with van der Waals surface area (Å²) in [5.41, 5.74) is 1.52. The Kier molecular flexibility index (Phi) is 6.75. The van der Waals surface area contributed by atoms with E-state index in [2.05, 4.69) is 15.9 Å². The van der Waals surface area contributed by atoms with Crippen molar-refractivity contribution in [2.75, 3.05) is 12.0 Å². The number of ether oxygens (including phenoxy) is 2. The van der Waals surface area contributed by atoms with Gasteiger partial charge in [-0.1, -0.05) is 46.3 Å². The van der Waals surface area contributed by atoms with E-state index in [1.807, 2.05) is 13.8 Å². The third kappa shape index (κ3) is 4.43. The van der Waals surface area contributed by atoms with Crippen LogP contribution in [0.1, 0.15) is 31.0 Å². The van der Waals surface area contributed by atoms with E-state index in [0.717, 1.165) is 4.47 Å². The number of nitrogens with zero attached hydrogens (tertiary/aromatic N) is 1. The van der Waals surface area contributed by atoms with Gasteiger partial charge in [-0.25, -0.2) is 0 Å². The molecular weight excluding hydrogens is 498 g/mol. The summed E-state index contributed by atoms with van der Waals surface area (Å²) in [5.74, 6) is -0.588. The fraction of sp³-hybridized carbons (Fsp3) is 0.185. The van der Waals surface area contributed by atoms with Gasteiger partial charge in [0.25, 0.3) is 11.7 Å². The minimum absolute atomic E-state index is 0.000401. The first kappa shape index (κ1) is 23.6. The molecule has 174 valence electrons. The number of methoxy groups -OCH3 is 1. The molecule has 1 saturated heterocycles. The second-order valence-corrected chi connectivity index (χ2v) is 8.99. The molecule has 3 aromatic carbocycles. The molecule has 0 saturated carbocycles. The molecule has 0 bridgehead atoms. The molecular formula is C27H24BrNO5. The quantitative estimate of drug-likeness (QED) is 0.249. The Morgan fingerprint density at radius 1 is 0.971 bits per heavy atom. The molecule has 0 aliphatic carbocycles. The molecule has 1 atom stereocenters. The molecule has 1 amide bonds. The lowest BCUT2D eigenvalue weighted by molar-refractivity contribution is -0.132. The van der Waals surface area contributed by atoms with Gasteiger partial charge in [-0.2, -0.15) is 0 Å². The number of rotatable bonds is 6. The number of para-hydroxylation sites is 1. The molecule has 1 aliphatic rings.